The molecule has 0 unspecified atom stereocenters. The van der Waals surface area contributed by atoms with Crippen LogP contribution in [0.2, 0.25) is 0 Å². The van der Waals surface area contributed by atoms with Crippen LogP contribution in [0.1, 0.15) is 5.56 Å². The molecule has 3 rings (SSSR count). The second-order valence-electron chi connectivity index (χ2n) is 4.85. The zero-order valence-corrected chi connectivity index (χ0v) is 12.3. The molecule has 0 aliphatic carbocycles. The Labute approximate surface area is 127 Å². The number of aliphatic carboxylic acids is 1. The van der Waals surface area contributed by atoms with Crippen molar-refractivity contribution in [1.82, 2.24) is 3.97 Å². The molecular formula is C16H13NO4S. The quantitative estimate of drug-likeness (QED) is 0.802. The summed E-state index contributed by atoms with van der Waals surface area (Å²) < 4.78 is 26.6. The lowest BCUT2D eigenvalue weighted by Crippen LogP contribution is -2.11. The normalized spacial score (nSPS) is 11.6. The van der Waals surface area contributed by atoms with Gasteiger partial charge in [-0.2, -0.15) is 0 Å². The Kier molecular flexibility index (Phi) is 3.46. The standard InChI is InChI=1S/C16H13NO4S/c18-16(19)11-12-5-4-8-15-14(12)9-10-17(15)22(20,21)13-6-2-1-3-7-13/h1-10H,11H2,(H,18,19). The molecule has 6 heteroatoms. The zero-order chi connectivity index (χ0) is 15.7. The van der Waals surface area contributed by atoms with E-state index in [-0.39, 0.29) is 11.3 Å². The molecule has 0 saturated carbocycles. The molecule has 22 heavy (non-hydrogen) atoms. The highest BCUT2D eigenvalue weighted by atomic mass is 32.2. The summed E-state index contributed by atoms with van der Waals surface area (Å²) in [4.78, 5) is 11.1. The topological polar surface area (TPSA) is 76.4 Å². The van der Waals surface area contributed by atoms with Gasteiger partial charge in [0.1, 0.15) is 0 Å². The van der Waals surface area contributed by atoms with Crippen molar-refractivity contribution in [3.8, 4) is 0 Å². The predicted molar refractivity (Wildman–Crippen MR) is 82.3 cm³/mol. The molecule has 0 spiro atoms. The fourth-order valence-electron chi connectivity index (χ4n) is 2.44. The van der Waals surface area contributed by atoms with Gasteiger partial charge in [-0.25, -0.2) is 12.4 Å². The highest BCUT2D eigenvalue weighted by molar-refractivity contribution is 7.90. The molecule has 1 N–H and O–H groups in total. The van der Waals surface area contributed by atoms with Gasteiger partial charge in [0.05, 0.1) is 16.8 Å². The van der Waals surface area contributed by atoms with Gasteiger partial charge in [-0.05, 0) is 29.8 Å². The van der Waals surface area contributed by atoms with Crippen molar-refractivity contribution in [3.63, 3.8) is 0 Å². The zero-order valence-electron chi connectivity index (χ0n) is 11.5. The molecule has 3 aromatic rings. The monoisotopic (exact) mass is 315 g/mol. The van der Waals surface area contributed by atoms with Crippen LogP contribution in [-0.2, 0) is 21.2 Å². The minimum absolute atomic E-state index is 0.146. The third-order valence-electron chi connectivity index (χ3n) is 3.43. The predicted octanol–water partition coefficient (Wildman–Crippen LogP) is 2.51. The third kappa shape index (κ3) is 2.37. The van der Waals surface area contributed by atoms with Gasteiger partial charge in [-0.15, -0.1) is 0 Å². The van der Waals surface area contributed by atoms with Crippen LogP contribution < -0.4 is 0 Å². The summed E-state index contributed by atoms with van der Waals surface area (Å²) in [5.74, 6) is -0.953. The Morgan fingerprint density at radius 3 is 2.41 bits per heavy atom. The number of benzene rings is 2. The molecular weight excluding hydrogens is 302 g/mol. The average Bonchev–Trinajstić information content (AvgIpc) is 2.93. The molecule has 0 aliphatic heterocycles. The van der Waals surface area contributed by atoms with E-state index in [1.807, 2.05) is 0 Å². The molecule has 0 saturated heterocycles. The number of rotatable bonds is 4. The molecule has 0 radical (unpaired) electrons. The highest BCUT2D eigenvalue weighted by Gasteiger charge is 2.19. The Hall–Kier alpha value is -2.60. The van der Waals surface area contributed by atoms with Crippen molar-refractivity contribution in [2.75, 3.05) is 0 Å². The molecule has 0 aliphatic rings. The molecule has 0 amide bonds. The molecule has 0 bridgehead atoms. The van der Waals surface area contributed by atoms with Gasteiger partial charge in [0.25, 0.3) is 10.0 Å². The summed E-state index contributed by atoms with van der Waals surface area (Å²) >= 11 is 0. The fourth-order valence-corrected chi connectivity index (χ4v) is 3.81. The average molecular weight is 315 g/mol. The van der Waals surface area contributed by atoms with Crippen molar-refractivity contribution >= 4 is 26.9 Å². The second-order valence-corrected chi connectivity index (χ2v) is 6.67. The number of fused-ring (bicyclic) bond motifs is 1. The second kappa shape index (κ2) is 5.31. The summed E-state index contributed by atoms with van der Waals surface area (Å²) in [6, 6.07) is 14.8. The minimum Gasteiger partial charge on any atom is -0.481 e. The van der Waals surface area contributed by atoms with Crippen LogP contribution in [-0.4, -0.2) is 23.5 Å². The van der Waals surface area contributed by atoms with Crippen molar-refractivity contribution in [2.45, 2.75) is 11.3 Å². The molecule has 1 heterocycles. The summed E-state index contributed by atoms with van der Waals surface area (Å²) in [7, 11) is -3.70. The van der Waals surface area contributed by atoms with Crippen molar-refractivity contribution in [3.05, 3.63) is 66.4 Å². The largest absolute Gasteiger partial charge is 0.481 e. The van der Waals surface area contributed by atoms with Gasteiger partial charge in [-0.3, -0.25) is 4.79 Å². The number of carboxylic acid groups (broad SMARTS) is 1. The smallest absolute Gasteiger partial charge is 0.307 e. The summed E-state index contributed by atoms with van der Waals surface area (Å²) in [6.07, 6.45) is 1.31. The van der Waals surface area contributed by atoms with E-state index in [0.29, 0.717) is 16.5 Å². The van der Waals surface area contributed by atoms with Crippen LogP contribution >= 0.6 is 0 Å². The van der Waals surface area contributed by atoms with E-state index in [1.54, 1.807) is 42.5 Å². The maximum atomic E-state index is 12.7. The summed E-state index contributed by atoms with van der Waals surface area (Å²) in [5.41, 5.74) is 1.06. The Morgan fingerprint density at radius 2 is 1.73 bits per heavy atom. The number of carboxylic acids is 1. The van der Waals surface area contributed by atoms with E-state index >= 15 is 0 Å². The Morgan fingerprint density at radius 1 is 1.00 bits per heavy atom. The van der Waals surface area contributed by atoms with Crippen molar-refractivity contribution < 1.29 is 18.3 Å². The van der Waals surface area contributed by atoms with Crippen LogP contribution in [0, 0.1) is 0 Å². The first-order chi connectivity index (χ1) is 10.5. The fraction of sp³-hybridized carbons (Fsp3) is 0.0625. The maximum absolute atomic E-state index is 12.7. The maximum Gasteiger partial charge on any atom is 0.307 e. The minimum atomic E-state index is -3.70. The molecule has 1 aromatic heterocycles. The van der Waals surface area contributed by atoms with Gasteiger partial charge in [-0.1, -0.05) is 30.3 Å². The molecule has 2 aromatic carbocycles. The molecule has 5 nitrogen and oxygen atoms in total. The van der Waals surface area contributed by atoms with Gasteiger partial charge >= 0.3 is 5.97 Å². The molecule has 112 valence electrons. The van der Waals surface area contributed by atoms with Crippen LogP contribution in [0.15, 0.2) is 65.7 Å². The van der Waals surface area contributed by atoms with Crippen molar-refractivity contribution in [1.29, 1.82) is 0 Å². The lowest BCUT2D eigenvalue weighted by atomic mass is 10.1. The molecule has 0 atom stereocenters. The summed E-state index contributed by atoms with van der Waals surface area (Å²) in [6.45, 7) is 0. The number of nitrogens with zero attached hydrogens (tertiary/aromatic N) is 1. The first-order valence-electron chi connectivity index (χ1n) is 6.61. The van der Waals surface area contributed by atoms with Gasteiger partial charge in [0.15, 0.2) is 0 Å². The van der Waals surface area contributed by atoms with E-state index < -0.39 is 16.0 Å². The van der Waals surface area contributed by atoms with Crippen LogP contribution in [0.4, 0.5) is 0 Å². The van der Waals surface area contributed by atoms with E-state index in [9.17, 15) is 13.2 Å². The number of hydrogen-bond acceptors (Lipinski definition) is 3. The van der Waals surface area contributed by atoms with E-state index in [1.165, 1.54) is 22.3 Å². The Bertz CT molecular complexity index is 943. The number of aromatic nitrogens is 1. The van der Waals surface area contributed by atoms with E-state index in [4.69, 9.17) is 5.11 Å². The summed E-state index contributed by atoms with van der Waals surface area (Å²) in [5, 5.41) is 9.58. The Balaban J connectivity index is 2.19. The molecule has 0 fully saturated rings. The third-order valence-corrected chi connectivity index (χ3v) is 5.13. The number of hydrogen-bond donors (Lipinski definition) is 1. The van der Waals surface area contributed by atoms with Crippen LogP contribution in [0.5, 0.6) is 0 Å². The highest BCUT2D eigenvalue weighted by Crippen LogP contribution is 2.25. The van der Waals surface area contributed by atoms with E-state index in [0.717, 1.165) is 0 Å². The van der Waals surface area contributed by atoms with Crippen molar-refractivity contribution in [2.24, 2.45) is 0 Å². The lowest BCUT2D eigenvalue weighted by Gasteiger charge is -2.08. The van der Waals surface area contributed by atoms with Gasteiger partial charge in [0.2, 0.25) is 0 Å². The van der Waals surface area contributed by atoms with Gasteiger partial charge < -0.3 is 5.11 Å². The number of carbonyl (C=O) groups is 1. The first kappa shape index (κ1) is 14.3. The lowest BCUT2D eigenvalue weighted by molar-refractivity contribution is -0.136. The van der Waals surface area contributed by atoms with E-state index in [2.05, 4.69) is 0 Å². The SMILES string of the molecule is O=C(O)Cc1cccc2c1ccn2S(=O)(=O)c1ccccc1. The van der Waals surface area contributed by atoms with Crippen LogP contribution in [0.25, 0.3) is 10.9 Å². The van der Waals surface area contributed by atoms with Crippen LogP contribution in [0.3, 0.4) is 0 Å². The first-order valence-corrected chi connectivity index (χ1v) is 8.05. The van der Waals surface area contributed by atoms with Gasteiger partial charge in [0, 0.05) is 11.6 Å².